The summed E-state index contributed by atoms with van der Waals surface area (Å²) < 4.78 is 32.5. The standard InChI is InChI=1S/C23H34N2O4S/c1-18(2)17-30(27,28)25-9-7-23(8-10-25)16-19(20-5-3-4-6-21(20)23)15-22(26)24-11-13-29-14-12-24/h3-6,18-19H,7-17H2,1-2H3. The van der Waals surface area contributed by atoms with Crippen molar-refractivity contribution in [2.24, 2.45) is 5.92 Å². The van der Waals surface area contributed by atoms with E-state index in [9.17, 15) is 13.2 Å². The fourth-order valence-electron chi connectivity index (χ4n) is 5.55. The van der Waals surface area contributed by atoms with E-state index in [2.05, 4.69) is 24.3 Å². The van der Waals surface area contributed by atoms with Crippen molar-refractivity contribution in [2.75, 3.05) is 45.1 Å². The molecular weight excluding hydrogens is 400 g/mol. The van der Waals surface area contributed by atoms with Crippen molar-refractivity contribution < 1.29 is 17.9 Å². The van der Waals surface area contributed by atoms with E-state index in [1.165, 1.54) is 11.1 Å². The zero-order valence-electron chi connectivity index (χ0n) is 18.2. The first-order valence-electron chi connectivity index (χ1n) is 11.2. The molecule has 1 spiro atoms. The molecule has 7 heteroatoms. The molecule has 166 valence electrons. The maximum atomic E-state index is 12.9. The maximum Gasteiger partial charge on any atom is 0.223 e. The number of nitrogens with zero attached hydrogens (tertiary/aromatic N) is 2. The number of carbonyl (C=O) groups excluding carboxylic acids is 1. The Morgan fingerprint density at radius 1 is 1.13 bits per heavy atom. The molecule has 3 aliphatic rings. The Morgan fingerprint density at radius 2 is 1.80 bits per heavy atom. The van der Waals surface area contributed by atoms with Gasteiger partial charge >= 0.3 is 0 Å². The third-order valence-corrected chi connectivity index (χ3v) is 9.25. The number of sulfonamides is 1. The van der Waals surface area contributed by atoms with Crippen LogP contribution < -0.4 is 0 Å². The second-order valence-corrected chi connectivity index (χ2v) is 11.6. The van der Waals surface area contributed by atoms with Crippen molar-refractivity contribution in [2.45, 2.75) is 50.9 Å². The molecule has 2 saturated heterocycles. The Hall–Kier alpha value is -1.44. The predicted molar refractivity (Wildman–Crippen MR) is 117 cm³/mol. The summed E-state index contributed by atoms with van der Waals surface area (Å²) in [6.07, 6.45) is 3.15. The average Bonchev–Trinajstić information content (AvgIpc) is 3.01. The van der Waals surface area contributed by atoms with Gasteiger partial charge in [-0.1, -0.05) is 38.1 Å². The lowest BCUT2D eigenvalue weighted by atomic mass is 9.73. The van der Waals surface area contributed by atoms with Crippen LogP contribution in [-0.4, -0.2) is 68.7 Å². The van der Waals surface area contributed by atoms with Crippen LogP contribution in [0.5, 0.6) is 0 Å². The lowest BCUT2D eigenvalue weighted by Crippen LogP contribution is -2.45. The number of piperidine rings is 1. The number of hydrogen-bond donors (Lipinski definition) is 0. The lowest BCUT2D eigenvalue weighted by Gasteiger charge is -2.40. The maximum absolute atomic E-state index is 12.9. The van der Waals surface area contributed by atoms with E-state index in [-0.39, 0.29) is 28.9 Å². The summed E-state index contributed by atoms with van der Waals surface area (Å²) in [5, 5.41) is 0. The van der Waals surface area contributed by atoms with Crippen LogP contribution in [0.3, 0.4) is 0 Å². The number of fused-ring (bicyclic) bond motifs is 2. The van der Waals surface area contributed by atoms with Crippen LogP contribution in [0.25, 0.3) is 0 Å². The van der Waals surface area contributed by atoms with Crippen molar-refractivity contribution in [1.29, 1.82) is 0 Å². The number of rotatable bonds is 5. The highest BCUT2D eigenvalue weighted by Crippen LogP contribution is 2.53. The van der Waals surface area contributed by atoms with Crippen molar-refractivity contribution in [3.8, 4) is 0 Å². The SMILES string of the molecule is CC(C)CS(=O)(=O)N1CCC2(CC1)CC(CC(=O)N1CCOCC1)c1ccccc12. The van der Waals surface area contributed by atoms with E-state index in [4.69, 9.17) is 4.74 Å². The fourth-order valence-corrected chi connectivity index (χ4v) is 7.35. The number of benzene rings is 1. The highest BCUT2D eigenvalue weighted by atomic mass is 32.2. The summed E-state index contributed by atoms with van der Waals surface area (Å²) in [7, 11) is -3.19. The third kappa shape index (κ3) is 4.30. The molecule has 30 heavy (non-hydrogen) atoms. The normalized spacial score (nSPS) is 24.4. The Morgan fingerprint density at radius 3 is 2.47 bits per heavy atom. The average molecular weight is 435 g/mol. The van der Waals surface area contributed by atoms with Crippen molar-refractivity contribution >= 4 is 15.9 Å². The minimum atomic E-state index is -3.19. The van der Waals surface area contributed by atoms with E-state index >= 15 is 0 Å². The van der Waals surface area contributed by atoms with E-state index in [1.807, 2.05) is 18.7 Å². The number of hydrogen-bond acceptors (Lipinski definition) is 4. The van der Waals surface area contributed by atoms with Gasteiger partial charge in [0.15, 0.2) is 0 Å². The molecule has 2 heterocycles. The first kappa shape index (κ1) is 21.8. The van der Waals surface area contributed by atoms with Gasteiger partial charge in [-0.15, -0.1) is 0 Å². The van der Waals surface area contributed by atoms with Gasteiger partial charge in [0.2, 0.25) is 15.9 Å². The Labute approximate surface area is 180 Å². The van der Waals surface area contributed by atoms with E-state index < -0.39 is 10.0 Å². The minimum Gasteiger partial charge on any atom is -0.378 e. The predicted octanol–water partition coefficient (Wildman–Crippen LogP) is 2.74. The van der Waals surface area contributed by atoms with E-state index in [0.29, 0.717) is 45.8 Å². The summed E-state index contributed by atoms with van der Waals surface area (Å²) in [4.78, 5) is 14.8. The van der Waals surface area contributed by atoms with E-state index in [1.54, 1.807) is 4.31 Å². The van der Waals surface area contributed by atoms with Gasteiger partial charge in [-0.2, -0.15) is 0 Å². The molecule has 1 aliphatic carbocycles. The van der Waals surface area contributed by atoms with Crippen LogP contribution in [0, 0.1) is 5.92 Å². The quantitative estimate of drug-likeness (QED) is 0.715. The van der Waals surface area contributed by atoms with Crippen LogP contribution in [0.1, 0.15) is 56.6 Å². The molecular formula is C23H34N2O4S. The lowest BCUT2D eigenvalue weighted by molar-refractivity contribution is -0.135. The molecule has 1 atom stereocenters. The Balaban J connectivity index is 1.48. The molecule has 2 aliphatic heterocycles. The zero-order chi connectivity index (χ0) is 21.4. The van der Waals surface area contributed by atoms with Crippen molar-refractivity contribution in [3.63, 3.8) is 0 Å². The van der Waals surface area contributed by atoms with Crippen LogP contribution >= 0.6 is 0 Å². The highest BCUT2D eigenvalue weighted by molar-refractivity contribution is 7.89. The summed E-state index contributed by atoms with van der Waals surface area (Å²) in [5.41, 5.74) is 2.62. The zero-order valence-corrected chi connectivity index (χ0v) is 19.0. The summed E-state index contributed by atoms with van der Waals surface area (Å²) in [6, 6.07) is 8.51. The first-order chi connectivity index (χ1) is 14.3. The second kappa shape index (κ2) is 8.60. The van der Waals surface area contributed by atoms with Gasteiger partial charge in [0.05, 0.1) is 19.0 Å². The van der Waals surface area contributed by atoms with Gasteiger partial charge in [-0.05, 0) is 47.6 Å². The second-order valence-electron chi connectivity index (χ2n) is 9.54. The van der Waals surface area contributed by atoms with Gasteiger partial charge in [0.25, 0.3) is 0 Å². The van der Waals surface area contributed by atoms with Crippen LogP contribution in [0.15, 0.2) is 24.3 Å². The number of amides is 1. The molecule has 0 N–H and O–H groups in total. The number of morpholine rings is 1. The molecule has 4 rings (SSSR count). The van der Waals surface area contributed by atoms with Gasteiger partial charge in [0.1, 0.15) is 0 Å². The first-order valence-corrected chi connectivity index (χ1v) is 12.8. The Bertz CT molecular complexity index is 869. The highest BCUT2D eigenvalue weighted by Gasteiger charge is 2.47. The van der Waals surface area contributed by atoms with Gasteiger partial charge in [0, 0.05) is 32.6 Å². The van der Waals surface area contributed by atoms with Crippen LogP contribution in [0.2, 0.25) is 0 Å². The molecule has 2 fully saturated rings. The molecule has 0 radical (unpaired) electrons. The monoisotopic (exact) mass is 434 g/mol. The molecule has 0 bridgehead atoms. The topological polar surface area (TPSA) is 66.9 Å². The number of carbonyl (C=O) groups is 1. The molecule has 1 aromatic carbocycles. The van der Waals surface area contributed by atoms with Crippen LogP contribution in [0.4, 0.5) is 0 Å². The summed E-state index contributed by atoms with van der Waals surface area (Å²) in [5.74, 6) is 0.781. The van der Waals surface area contributed by atoms with Gasteiger partial charge in [-0.3, -0.25) is 4.79 Å². The molecule has 0 saturated carbocycles. The van der Waals surface area contributed by atoms with E-state index in [0.717, 1.165) is 19.3 Å². The molecule has 1 aromatic rings. The molecule has 1 unspecified atom stereocenters. The van der Waals surface area contributed by atoms with Crippen molar-refractivity contribution in [1.82, 2.24) is 9.21 Å². The van der Waals surface area contributed by atoms with Crippen LogP contribution in [-0.2, 0) is 25.0 Å². The largest absolute Gasteiger partial charge is 0.378 e. The fraction of sp³-hybridized carbons (Fsp3) is 0.696. The minimum absolute atomic E-state index is 0.00357. The Kier molecular flexibility index (Phi) is 6.24. The molecule has 1 amide bonds. The molecule has 6 nitrogen and oxygen atoms in total. The number of ether oxygens (including phenoxy) is 1. The smallest absolute Gasteiger partial charge is 0.223 e. The summed E-state index contributed by atoms with van der Waals surface area (Å²) in [6.45, 7) is 7.66. The van der Waals surface area contributed by atoms with Gasteiger partial charge in [-0.25, -0.2) is 12.7 Å². The van der Waals surface area contributed by atoms with Crippen molar-refractivity contribution in [3.05, 3.63) is 35.4 Å². The third-order valence-electron chi connectivity index (χ3n) is 7.01. The summed E-state index contributed by atoms with van der Waals surface area (Å²) >= 11 is 0. The molecule has 0 aromatic heterocycles. The van der Waals surface area contributed by atoms with Gasteiger partial charge < -0.3 is 9.64 Å².